The van der Waals surface area contributed by atoms with Gasteiger partial charge in [0.1, 0.15) is 0 Å². The minimum absolute atomic E-state index is 0.881. The maximum Gasteiger partial charge on any atom is 0.176 e. The van der Waals surface area contributed by atoms with Crippen LogP contribution in [-0.4, -0.2) is 28.9 Å². The Kier molecular flexibility index (Phi) is 7.77. The van der Waals surface area contributed by atoms with E-state index in [-0.39, 0.29) is 0 Å². The molecule has 4 nitrogen and oxygen atoms in total. The van der Waals surface area contributed by atoms with Crippen molar-refractivity contribution in [1.29, 1.82) is 0 Å². The maximum atomic E-state index is 4.79. The molecule has 0 radical (unpaired) electrons. The van der Waals surface area contributed by atoms with Crippen molar-refractivity contribution in [3.05, 3.63) is 60.7 Å². The van der Waals surface area contributed by atoms with Gasteiger partial charge in [-0.3, -0.25) is 9.35 Å². The van der Waals surface area contributed by atoms with Crippen LogP contribution in [0.2, 0.25) is 39.3 Å². The second kappa shape index (κ2) is 9.84. The number of hydrogen-bond acceptors (Lipinski definition) is 4. The molecule has 2 rings (SSSR count). The Morgan fingerprint density at radius 3 is 1.21 bits per heavy atom. The summed E-state index contributed by atoms with van der Waals surface area (Å²) >= 11 is 0. The summed E-state index contributed by atoms with van der Waals surface area (Å²) in [4.78, 5) is 0. The fraction of sp³-hybridized carbons (Fsp3) is 0.364. The average molecular weight is 411 g/mol. The van der Waals surface area contributed by atoms with E-state index in [2.05, 4.69) is 97.2 Å². The zero-order valence-electron chi connectivity index (χ0n) is 18.1. The molecular weight excluding hydrogens is 376 g/mol. The van der Waals surface area contributed by atoms with Crippen LogP contribution in [0.25, 0.3) is 0 Å². The van der Waals surface area contributed by atoms with Gasteiger partial charge in [-0.05, 0) is 76.4 Å². The van der Waals surface area contributed by atoms with Crippen molar-refractivity contribution in [3.8, 4) is 0 Å². The highest BCUT2D eigenvalue weighted by Crippen LogP contribution is 2.22. The minimum atomic E-state index is -1.58. The molecule has 0 atom stereocenters. The number of para-hydroxylation sites is 2. The summed E-state index contributed by atoms with van der Waals surface area (Å²) in [6, 6.07) is 20.9. The van der Waals surface area contributed by atoms with Crippen LogP contribution in [0.1, 0.15) is 12.8 Å². The summed E-state index contributed by atoms with van der Waals surface area (Å²) in [7, 11) is -3.17. The monoisotopic (exact) mass is 410 g/mol. The van der Waals surface area contributed by atoms with E-state index >= 15 is 0 Å². The Balaban J connectivity index is 1.99. The Hall–Kier alpha value is -2.19. The van der Waals surface area contributed by atoms with Crippen molar-refractivity contribution < 1.29 is 0 Å². The van der Waals surface area contributed by atoms with Crippen LogP contribution < -0.4 is 9.35 Å². The molecule has 2 aromatic carbocycles. The zero-order chi connectivity index (χ0) is 20.6. The lowest BCUT2D eigenvalue weighted by Crippen LogP contribution is -2.42. The van der Waals surface area contributed by atoms with Crippen LogP contribution in [0.4, 0.5) is 11.4 Å². The fourth-order valence-corrected chi connectivity index (χ4v) is 5.52. The Morgan fingerprint density at radius 1 is 0.607 bits per heavy atom. The van der Waals surface area contributed by atoms with E-state index < -0.39 is 16.5 Å². The van der Waals surface area contributed by atoms with Gasteiger partial charge in [0.2, 0.25) is 0 Å². The van der Waals surface area contributed by atoms with Gasteiger partial charge in [-0.25, -0.2) is 0 Å². The summed E-state index contributed by atoms with van der Waals surface area (Å²) in [6.07, 6.45) is 5.81. The summed E-state index contributed by atoms with van der Waals surface area (Å²) in [6.45, 7) is 13.9. The number of unbranched alkanes of at least 4 members (excludes halogenated alkanes) is 1. The van der Waals surface area contributed by atoms with Gasteiger partial charge < -0.3 is 0 Å². The Morgan fingerprint density at radius 2 is 0.929 bits per heavy atom. The Bertz CT molecular complexity index is 695. The molecule has 0 heterocycles. The third-order valence-corrected chi connectivity index (χ3v) is 7.38. The van der Waals surface area contributed by atoms with Crippen molar-refractivity contribution in [2.45, 2.75) is 52.1 Å². The van der Waals surface area contributed by atoms with Crippen LogP contribution in [0.15, 0.2) is 70.9 Å². The molecule has 0 aliphatic heterocycles. The van der Waals surface area contributed by atoms with E-state index in [1.54, 1.807) is 0 Å². The summed E-state index contributed by atoms with van der Waals surface area (Å²) in [5.41, 5.74) is 2.33. The van der Waals surface area contributed by atoms with E-state index in [9.17, 15) is 0 Å². The van der Waals surface area contributed by atoms with Gasteiger partial charge in [-0.15, -0.1) is 0 Å². The quantitative estimate of drug-likeness (QED) is 0.207. The maximum absolute atomic E-state index is 4.79. The Labute approximate surface area is 172 Å². The van der Waals surface area contributed by atoms with Crippen molar-refractivity contribution in [3.63, 3.8) is 0 Å². The highest BCUT2D eigenvalue weighted by atomic mass is 28.3. The molecular formula is C22H34N4Si2. The lowest BCUT2D eigenvalue weighted by molar-refractivity contribution is 1.07. The first-order chi connectivity index (χ1) is 13.2. The SMILES string of the molecule is C[Si](C)(C)N(N=CCCC=NN(c1ccccc1)[Si](C)(C)C)c1ccccc1. The lowest BCUT2D eigenvalue weighted by atomic mass is 10.3. The molecule has 0 spiro atoms. The standard InChI is InChI=1S/C22H34N4Si2/c1-27(2,3)25(21-15-9-7-10-16-21)23-19-13-14-20-24-26(28(4,5)6)22-17-11-8-12-18-22/h7-12,15-20H,13-14H2,1-6H3. The predicted molar refractivity (Wildman–Crippen MR) is 131 cm³/mol. The molecule has 0 aliphatic carbocycles. The van der Waals surface area contributed by atoms with E-state index in [0.717, 1.165) is 12.8 Å². The first kappa shape index (κ1) is 22.1. The van der Waals surface area contributed by atoms with Crippen molar-refractivity contribution in [2.24, 2.45) is 10.2 Å². The highest BCUT2D eigenvalue weighted by molar-refractivity contribution is 6.80. The number of nitrogens with zero attached hydrogens (tertiary/aromatic N) is 4. The first-order valence-corrected chi connectivity index (χ1v) is 16.8. The van der Waals surface area contributed by atoms with Gasteiger partial charge in [0, 0.05) is 23.8 Å². The molecule has 0 saturated heterocycles. The number of hydrogen-bond donors (Lipinski definition) is 0. The lowest BCUT2D eigenvalue weighted by Gasteiger charge is -2.31. The molecule has 0 fully saturated rings. The fourth-order valence-electron chi connectivity index (χ4n) is 2.82. The van der Waals surface area contributed by atoms with Crippen LogP contribution >= 0.6 is 0 Å². The molecule has 0 saturated carbocycles. The predicted octanol–water partition coefficient (Wildman–Crippen LogP) is 6.42. The number of anilines is 2. The molecule has 0 unspecified atom stereocenters. The van der Waals surface area contributed by atoms with Crippen molar-refractivity contribution in [2.75, 3.05) is 9.35 Å². The van der Waals surface area contributed by atoms with E-state index in [4.69, 9.17) is 10.2 Å². The van der Waals surface area contributed by atoms with Crippen LogP contribution in [0.3, 0.4) is 0 Å². The van der Waals surface area contributed by atoms with E-state index in [0.29, 0.717) is 0 Å². The van der Waals surface area contributed by atoms with Crippen molar-refractivity contribution >= 4 is 40.3 Å². The van der Waals surface area contributed by atoms with Crippen LogP contribution in [0, 0.1) is 0 Å². The number of hydrazone groups is 2. The van der Waals surface area contributed by atoms with Crippen molar-refractivity contribution in [1.82, 2.24) is 0 Å². The molecule has 0 aliphatic rings. The third kappa shape index (κ3) is 6.76. The smallest absolute Gasteiger partial charge is 0.176 e. The zero-order valence-corrected chi connectivity index (χ0v) is 20.1. The van der Waals surface area contributed by atoms with Gasteiger partial charge in [0.15, 0.2) is 16.5 Å². The van der Waals surface area contributed by atoms with Gasteiger partial charge in [0.05, 0.1) is 0 Å². The summed E-state index contributed by atoms with van der Waals surface area (Å²) in [5, 5.41) is 9.58. The molecule has 0 aromatic heterocycles. The second-order valence-corrected chi connectivity index (χ2v) is 18.3. The summed E-state index contributed by atoms with van der Waals surface area (Å²) in [5.74, 6) is 0. The molecule has 0 bridgehead atoms. The van der Waals surface area contributed by atoms with Gasteiger partial charge >= 0.3 is 0 Å². The minimum Gasteiger partial charge on any atom is -0.296 e. The van der Waals surface area contributed by atoms with Gasteiger partial charge in [-0.2, -0.15) is 10.2 Å². The van der Waals surface area contributed by atoms with Gasteiger partial charge in [-0.1, -0.05) is 36.4 Å². The summed E-state index contributed by atoms with van der Waals surface area (Å²) < 4.78 is 4.42. The van der Waals surface area contributed by atoms with E-state index in [1.807, 2.05) is 24.6 Å². The normalized spacial score (nSPS) is 12.6. The van der Waals surface area contributed by atoms with E-state index in [1.165, 1.54) is 11.4 Å². The van der Waals surface area contributed by atoms with Crippen LogP contribution in [0.5, 0.6) is 0 Å². The number of rotatable bonds is 9. The number of benzene rings is 2. The molecule has 0 N–H and O–H groups in total. The van der Waals surface area contributed by atoms with Crippen LogP contribution in [-0.2, 0) is 0 Å². The second-order valence-electron chi connectivity index (χ2n) is 8.81. The highest BCUT2D eigenvalue weighted by Gasteiger charge is 2.24. The topological polar surface area (TPSA) is 31.2 Å². The molecule has 28 heavy (non-hydrogen) atoms. The molecule has 2 aromatic rings. The molecule has 6 heteroatoms. The first-order valence-electron chi connectivity index (χ1n) is 9.95. The average Bonchev–Trinajstić information content (AvgIpc) is 2.63. The molecule has 0 amide bonds. The molecule has 150 valence electrons. The largest absolute Gasteiger partial charge is 0.296 e. The van der Waals surface area contributed by atoms with Gasteiger partial charge in [0.25, 0.3) is 0 Å². The third-order valence-electron chi connectivity index (χ3n) is 4.09.